The van der Waals surface area contributed by atoms with Crippen molar-refractivity contribution in [2.75, 3.05) is 6.54 Å². The lowest BCUT2D eigenvalue weighted by atomic mass is 10.1. The smallest absolute Gasteiger partial charge is 0.266 e. The number of carbonyl (C=O) groups excluding carboxylic acids is 2. The van der Waals surface area contributed by atoms with Crippen LogP contribution in [0.25, 0.3) is 11.3 Å². The van der Waals surface area contributed by atoms with Gasteiger partial charge >= 0.3 is 0 Å². The first-order chi connectivity index (χ1) is 13.0. The van der Waals surface area contributed by atoms with Gasteiger partial charge < -0.3 is 0 Å². The van der Waals surface area contributed by atoms with Crippen LogP contribution in [-0.2, 0) is 6.54 Å². The third-order valence-electron chi connectivity index (χ3n) is 4.40. The summed E-state index contributed by atoms with van der Waals surface area (Å²) in [5.41, 5.74) is 2.00. The standard InChI is InChI=1S/C20H14BrN3O3/c21-14-5-3-4-13(12-14)17-8-9-18(25)24(22-17)11-10-23-19(26)15-6-1-2-7-16(15)20(23)27/h1-9,12H,10-11H2. The fourth-order valence-corrected chi connectivity index (χ4v) is 3.45. The number of nitrogens with zero attached hydrogens (tertiary/aromatic N) is 3. The molecule has 7 heteroatoms. The lowest BCUT2D eigenvalue weighted by molar-refractivity contribution is 0.0647. The van der Waals surface area contributed by atoms with Crippen molar-refractivity contribution in [3.05, 3.63) is 86.6 Å². The van der Waals surface area contributed by atoms with Crippen molar-refractivity contribution in [3.63, 3.8) is 0 Å². The molecule has 0 saturated heterocycles. The van der Waals surface area contributed by atoms with E-state index < -0.39 is 0 Å². The summed E-state index contributed by atoms with van der Waals surface area (Å²) in [6, 6.07) is 17.4. The third-order valence-corrected chi connectivity index (χ3v) is 4.89. The largest absolute Gasteiger partial charge is 0.272 e. The molecule has 0 bridgehead atoms. The Morgan fingerprint density at radius 1 is 0.815 bits per heavy atom. The second-order valence-electron chi connectivity index (χ2n) is 6.10. The van der Waals surface area contributed by atoms with Gasteiger partial charge in [-0.15, -0.1) is 0 Å². The third kappa shape index (κ3) is 3.21. The molecule has 0 radical (unpaired) electrons. The van der Waals surface area contributed by atoms with E-state index >= 15 is 0 Å². The summed E-state index contributed by atoms with van der Waals surface area (Å²) in [6.07, 6.45) is 0. The number of fused-ring (bicyclic) bond motifs is 1. The van der Waals surface area contributed by atoms with E-state index in [9.17, 15) is 14.4 Å². The molecule has 0 atom stereocenters. The summed E-state index contributed by atoms with van der Waals surface area (Å²) < 4.78 is 2.19. The van der Waals surface area contributed by atoms with E-state index in [1.165, 1.54) is 10.7 Å². The Morgan fingerprint density at radius 2 is 1.52 bits per heavy atom. The van der Waals surface area contributed by atoms with Crippen molar-refractivity contribution in [1.29, 1.82) is 0 Å². The molecular formula is C20H14BrN3O3. The van der Waals surface area contributed by atoms with Crippen molar-refractivity contribution < 1.29 is 9.59 Å². The average Bonchev–Trinajstić information content (AvgIpc) is 2.92. The number of hydrogen-bond donors (Lipinski definition) is 0. The molecule has 3 aromatic rings. The lowest BCUT2D eigenvalue weighted by Crippen LogP contribution is -2.35. The minimum atomic E-state index is -0.341. The summed E-state index contributed by atoms with van der Waals surface area (Å²) in [5.74, 6) is -0.682. The van der Waals surface area contributed by atoms with Crippen molar-refractivity contribution in [3.8, 4) is 11.3 Å². The predicted molar refractivity (Wildman–Crippen MR) is 103 cm³/mol. The van der Waals surface area contributed by atoms with Gasteiger partial charge in [0.2, 0.25) is 0 Å². The quantitative estimate of drug-likeness (QED) is 0.604. The number of imide groups is 1. The number of amides is 2. The van der Waals surface area contributed by atoms with Crippen LogP contribution in [0.5, 0.6) is 0 Å². The Morgan fingerprint density at radius 3 is 2.19 bits per heavy atom. The highest BCUT2D eigenvalue weighted by atomic mass is 79.9. The molecule has 2 amide bonds. The second-order valence-corrected chi connectivity index (χ2v) is 7.01. The van der Waals surface area contributed by atoms with E-state index in [1.807, 2.05) is 24.3 Å². The Balaban J connectivity index is 1.57. The number of hydrogen-bond acceptors (Lipinski definition) is 4. The molecule has 0 spiro atoms. The van der Waals surface area contributed by atoms with Gasteiger partial charge in [0.05, 0.1) is 23.4 Å². The van der Waals surface area contributed by atoms with Crippen LogP contribution in [0, 0.1) is 0 Å². The highest BCUT2D eigenvalue weighted by Crippen LogP contribution is 2.22. The van der Waals surface area contributed by atoms with Crippen molar-refractivity contribution in [2.24, 2.45) is 0 Å². The molecule has 27 heavy (non-hydrogen) atoms. The molecule has 1 aliphatic rings. The molecule has 2 heterocycles. The summed E-state index contributed by atoms with van der Waals surface area (Å²) in [7, 11) is 0. The van der Waals surface area contributed by atoms with Crippen LogP contribution >= 0.6 is 15.9 Å². The van der Waals surface area contributed by atoms with E-state index in [2.05, 4.69) is 21.0 Å². The minimum Gasteiger partial charge on any atom is -0.272 e. The molecule has 0 saturated carbocycles. The van der Waals surface area contributed by atoms with Gasteiger partial charge in [0.25, 0.3) is 17.4 Å². The fourth-order valence-electron chi connectivity index (χ4n) is 3.05. The average molecular weight is 424 g/mol. The van der Waals surface area contributed by atoms with Gasteiger partial charge in [0, 0.05) is 22.6 Å². The van der Waals surface area contributed by atoms with Crippen LogP contribution < -0.4 is 5.56 Å². The normalized spacial score (nSPS) is 13.1. The molecule has 1 aromatic heterocycles. The second kappa shape index (κ2) is 6.92. The molecule has 0 aliphatic carbocycles. The maximum atomic E-state index is 12.4. The Bertz CT molecular complexity index is 1090. The predicted octanol–water partition coefficient (Wildman–Crippen LogP) is 2.97. The summed E-state index contributed by atoms with van der Waals surface area (Å²) in [6.45, 7) is 0.216. The van der Waals surface area contributed by atoms with Gasteiger partial charge in [-0.2, -0.15) is 5.10 Å². The molecule has 1 aliphatic heterocycles. The van der Waals surface area contributed by atoms with E-state index in [0.717, 1.165) is 14.9 Å². The molecule has 2 aromatic carbocycles. The summed E-state index contributed by atoms with van der Waals surface area (Å²) >= 11 is 3.42. The molecular weight excluding hydrogens is 410 g/mol. The zero-order chi connectivity index (χ0) is 19.0. The topological polar surface area (TPSA) is 72.3 Å². The minimum absolute atomic E-state index is 0.0845. The molecule has 6 nitrogen and oxygen atoms in total. The van der Waals surface area contributed by atoms with Crippen molar-refractivity contribution >= 4 is 27.7 Å². The summed E-state index contributed by atoms with van der Waals surface area (Å²) in [5, 5.41) is 4.38. The van der Waals surface area contributed by atoms with Crippen LogP contribution in [0.2, 0.25) is 0 Å². The van der Waals surface area contributed by atoms with Gasteiger partial charge in [-0.1, -0.05) is 40.2 Å². The van der Waals surface area contributed by atoms with Crippen molar-refractivity contribution in [1.82, 2.24) is 14.7 Å². The van der Waals surface area contributed by atoms with Crippen LogP contribution in [0.4, 0.5) is 0 Å². The Labute approximate surface area is 163 Å². The monoisotopic (exact) mass is 423 g/mol. The lowest BCUT2D eigenvalue weighted by Gasteiger charge is -2.14. The van der Waals surface area contributed by atoms with Crippen molar-refractivity contribution in [2.45, 2.75) is 6.54 Å². The van der Waals surface area contributed by atoms with Gasteiger partial charge in [-0.25, -0.2) is 4.68 Å². The zero-order valence-corrected chi connectivity index (χ0v) is 15.7. The first kappa shape index (κ1) is 17.4. The Hall–Kier alpha value is -3.06. The number of aromatic nitrogens is 2. The van der Waals surface area contributed by atoms with Crippen LogP contribution in [0.1, 0.15) is 20.7 Å². The maximum Gasteiger partial charge on any atom is 0.266 e. The Kier molecular flexibility index (Phi) is 4.45. The number of carbonyl (C=O) groups is 2. The SMILES string of the molecule is O=C1c2ccccc2C(=O)N1CCn1nc(-c2cccc(Br)c2)ccc1=O. The highest BCUT2D eigenvalue weighted by molar-refractivity contribution is 9.10. The first-order valence-corrected chi connectivity index (χ1v) is 9.13. The molecule has 134 valence electrons. The van der Waals surface area contributed by atoms with Gasteiger partial charge in [0.15, 0.2) is 0 Å². The number of rotatable bonds is 4. The molecule has 0 unspecified atom stereocenters. The van der Waals surface area contributed by atoms with Crippen LogP contribution in [0.3, 0.4) is 0 Å². The van der Waals surface area contributed by atoms with Crippen LogP contribution in [0.15, 0.2) is 69.9 Å². The number of benzene rings is 2. The van der Waals surface area contributed by atoms with E-state index in [-0.39, 0.29) is 30.5 Å². The summed E-state index contributed by atoms with van der Waals surface area (Å²) in [4.78, 5) is 38.2. The molecule has 0 N–H and O–H groups in total. The van der Waals surface area contributed by atoms with Gasteiger partial charge in [-0.3, -0.25) is 19.3 Å². The van der Waals surface area contributed by atoms with E-state index in [1.54, 1.807) is 30.3 Å². The fraction of sp³-hybridized carbons (Fsp3) is 0.100. The first-order valence-electron chi connectivity index (χ1n) is 8.34. The molecule has 0 fully saturated rings. The van der Waals surface area contributed by atoms with E-state index in [0.29, 0.717) is 16.8 Å². The number of halogens is 1. The van der Waals surface area contributed by atoms with E-state index in [4.69, 9.17) is 0 Å². The van der Waals surface area contributed by atoms with Gasteiger partial charge in [-0.05, 0) is 30.3 Å². The highest BCUT2D eigenvalue weighted by Gasteiger charge is 2.34. The van der Waals surface area contributed by atoms with Crippen LogP contribution in [-0.4, -0.2) is 33.0 Å². The molecule has 4 rings (SSSR count). The maximum absolute atomic E-state index is 12.4. The zero-order valence-electron chi connectivity index (χ0n) is 14.1. The van der Waals surface area contributed by atoms with Gasteiger partial charge in [0.1, 0.15) is 0 Å².